The molecule has 0 heterocycles. The van der Waals surface area contributed by atoms with Gasteiger partial charge in [0.25, 0.3) is 0 Å². The second-order valence-electron chi connectivity index (χ2n) is 12.2. The molecule has 0 N–H and O–H groups in total. The van der Waals surface area contributed by atoms with Gasteiger partial charge in [-0.1, -0.05) is 75.6 Å². The summed E-state index contributed by atoms with van der Waals surface area (Å²) in [4.78, 5) is 2.56. The molecule has 178 valence electrons. The van der Waals surface area contributed by atoms with Gasteiger partial charge in [-0.3, -0.25) is 0 Å². The summed E-state index contributed by atoms with van der Waals surface area (Å²) in [6.45, 7) is 16.4. The largest absolute Gasteiger partial charge is 0.336 e. The molecule has 0 radical (unpaired) electrons. The smallest absolute Gasteiger partial charge is 0.0451 e. The van der Waals surface area contributed by atoms with E-state index in [-0.39, 0.29) is 11.0 Å². The van der Waals surface area contributed by atoms with Crippen LogP contribution < -0.4 is 4.90 Å². The maximum absolute atomic E-state index is 2.56. The molecule has 0 bridgehead atoms. The Morgan fingerprint density at radius 3 is 2.15 bits per heavy atom. The van der Waals surface area contributed by atoms with Crippen molar-refractivity contribution >= 4 is 11.4 Å². The van der Waals surface area contributed by atoms with Crippen molar-refractivity contribution in [2.75, 3.05) is 4.90 Å². The number of anilines is 2. The van der Waals surface area contributed by atoms with Crippen LogP contribution in [0.15, 0.2) is 54.6 Å². The Labute approximate surface area is 207 Å². The van der Waals surface area contributed by atoms with Crippen LogP contribution in [0.3, 0.4) is 0 Å². The molecule has 0 atom stereocenters. The molecule has 1 saturated carbocycles. The molecule has 34 heavy (non-hydrogen) atoms. The number of para-hydroxylation sites is 1. The lowest BCUT2D eigenvalue weighted by Crippen LogP contribution is -2.38. The van der Waals surface area contributed by atoms with Crippen molar-refractivity contribution in [1.29, 1.82) is 0 Å². The molecule has 0 unspecified atom stereocenters. The molecule has 0 saturated heterocycles. The van der Waals surface area contributed by atoms with Gasteiger partial charge in [-0.15, -0.1) is 0 Å². The fraction of sp³-hybridized carbons (Fsp3) is 0.455. The molecule has 3 aromatic rings. The van der Waals surface area contributed by atoms with E-state index in [0.29, 0.717) is 5.92 Å². The van der Waals surface area contributed by atoms with E-state index in [1.54, 1.807) is 5.56 Å². The van der Waals surface area contributed by atoms with Gasteiger partial charge in [-0.2, -0.15) is 0 Å². The molecule has 0 aromatic heterocycles. The van der Waals surface area contributed by atoms with E-state index in [2.05, 4.69) is 108 Å². The zero-order chi connectivity index (χ0) is 24.3. The summed E-state index contributed by atoms with van der Waals surface area (Å²) in [5.41, 5.74) is 12.9. The predicted molar refractivity (Wildman–Crippen MR) is 148 cm³/mol. The molecule has 0 aliphatic heterocycles. The molecule has 2 aliphatic rings. The fourth-order valence-corrected chi connectivity index (χ4v) is 6.62. The third-order valence-electron chi connectivity index (χ3n) is 8.36. The number of nitrogens with zero attached hydrogens (tertiary/aromatic N) is 1. The number of aryl methyl sites for hydroxylation is 2. The predicted octanol–water partition coefficient (Wildman–Crippen LogP) is 9.59. The quantitative estimate of drug-likeness (QED) is 0.383. The van der Waals surface area contributed by atoms with E-state index in [1.165, 1.54) is 76.9 Å². The first kappa shape index (κ1) is 23.2. The molecule has 5 rings (SSSR count). The molecule has 0 amide bonds. The number of benzene rings is 3. The normalized spacial score (nSPS) is 17.4. The number of rotatable bonds is 3. The Hall–Kier alpha value is -2.54. The van der Waals surface area contributed by atoms with Crippen LogP contribution in [0.4, 0.5) is 11.4 Å². The lowest BCUT2D eigenvalue weighted by molar-refractivity contribution is 0.444. The van der Waals surface area contributed by atoms with Crippen LogP contribution >= 0.6 is 0 Å². The van der Waals surface area contributed by atoms with Crippen LogP contribution in [0.5, 0.6) is 0 Å². The summed E-state index contributed by atoms with van der Waals surface area (Å²) in [5.74, 6) is 0.699. The summed E-state index contributed by atoms with van der Waals surface area (Å²) in [5, 5.41) is 0. The Morgan fingerprint density at radius 2 is 1.47 bits per heavy atom. The van der Waals surface area contributed by atoms with E-state index < -0.39 is 0 Å². The molecule has 1 nitrogen and oxygen atoms in total. The van der Waals surface area contributed by atoms with Crippen molar-refractivity contribution in [3.8, 4) is 11.1 Å². The Morgan fingerprint density at radius 1 is 0.765 bits per heavy atom. The van der Waals surface area contributed by atoms with Crippen molar-refractivity contribution in [2.45, 2.75) is 97.4 Å². The van der Waals surface area contributed by atoms with Crippen molar-refractivity contribution < 1.29 is 0 Å². The van der Waals surface area contributed by atoms with Gasteiger partial charge in [0.15, 0.2) is 0 Å². The second kappa shape index (κ2) is 8.29. The average molecular weight is 452 g/mol. The van der Waals surface area contributed by atoms with Crippen LogP contribution in [0.25, 0.3) is 11.1 Å². The lowest BCUT2D eigenvalue weighted by Gasteiger charge is -2.40. The molecule has 1 fully saturated rings. The zero-order valence-electron chi connectivity index (χ0n) is 22.3. The number of hydrogen-bond acceptors (Lipinski definition) is 1. The molecule has 2 aliphatic carbocycles. The van der Waals surface area contributed by atoms with E-state index in [1.807, 2.05) is 0 Å². The first-order chi connectivity index (χ1) is 16.1. The molecule has 3 aromatic carbocycles. The van der Waals surface area contributed by atoms with Crippen LogP contribution in [-0.4, -0.2) is 5.54 Å². The highest BCUT2D eigenvalue weighted by Gasteiger charge is 2.39. The number of fused-ring (bicyclic) bond motifs is 3. The van der Waals surface area contributed by atoms with E-state index in [9.17, 15) is 0 Å². The van der Waals surface area contributed by atoms with Crippen molar-refractivity contribution in [2.24, 2.45) is 0 Å². The third kappa shape index (κ3) is 3.69. The summed E-state index contributed by atoms with van der Waals surface area (Å²) in [6.07, 6.45) is 6.81. The molecule has 1 heteroatoms. The van der Waals surface area contributed by atoms with Crippen LogP contribution in [0, 0.1) is 13.8 Å². The highest BCUT2D eigenvalue weighted by Crippen LogP contribution is 2.54. The Balaban J connectivity index is 1.75. The Bertz CT molecular complexity index is 1220. The van der Waals surface area contributed by atoms with Gasteiger partial charge < -0.3 is 4.90 Å². The maximum atomic E-state index is 2.56. The van der Waals surface area contributed by atoms with Crippen molar-refractivity contribution in [1.82, 2.24) is 0 Å². The van der Waals surface area contributed by atoms with Crippen LogP contribution in [-0.2, 0) is 5.41 Å². The van der Waals surface area contributed by atoms with Crippen molar-refractivity contribution in [3.63, 3.8) is 0 Å². The highest BCUT2D eigenvalue weighted by atomic mass is 15.2. The van der Waals surface area contributed by atoms with E-state index in [4.69, 9.17) is 0 Å². The van der Waals surface area contributed by atoms with Gasteiger partial charge in [0.1, 0.15) is 0 Å². The monoisotopic (exact) mass is 451 g/mol. The minimum Gasteiger partial charge on any atom is -0.336 e. The minimum atomic E-state index is -0.0368. The topological polar surface area (TPSA) is 3.24 Å². The minimum absolute atomic E-state index is 0.0356. The standard InChI is InChI=1S/C33H41N/c1-22-14-11-12-19-29(22)34(32(3,4)5)30-21-26-28(20-23(30)2)33(6,7)27-18-13-17-25(31(26)27)24-15-9-8-10-16-24/h11-14,17-21,24H,8-10,15-16H2,1-7H3. The van der Waals surface area contributed by atoms with Gasteiger partial charge in [0, 0.05) is 22.3 Å². The first-order valence-electron chi connectivity index (χ1n) is 13.3. The fourth-order valence-electron chi connectivity index (χ4n) is 6.62. The van der Waals surface area contributed by atoms with Crippen LogP contribution in [0.2, 0.25) is 0 Å². The summed E-state index contributed by atoms with van der Waals surface area (Å²) in [7, 11) is 0. The summed E-state index contributed by atoms with van der Waals surface area (Å²) in [6, 6.07) is 21.0. The molecule has 0 spiro atoms. The molecular weight excluding hydrogens is 410 g/mol. The summed E-state index contributed by atoms with van der Waals surface area (Å²) < 4.78 is 0. The Kier molecular flexibility index (Phi) is 5.66. The van der Waals surface area contributed by atoms with Gasteiger partial charge in [0.2, 0.25) is 0 Å². The summed E-state index contributed by atoms with van der Waals surface area (Å²) >= 11 is 0. The third-order valence-corrected chi connectivity index (χ3v) is 8.36. The first-order valence-corrected chi connectivity index (χ1v) is 13.3. The molecular formula is C33H41N. The van der Waals surface area contributed by atoms with Gasteiger partial charge in [-0.25, -0.2) is 0 Å². The van der Waals surface area contributed by atoms with E-state index >= 15 is 0 Å². The maximum Gasteiger partial charge on any atom is 0.0451 e. The zero-order valence-corrected chi connectivity index (χ0v) is 22.3. The lowest BCUT2D eigenvalue weighted by atomic mass is 9.78. The second-order valence-corrected chi connectivity index (χ2v) is 12.2. The number of hydrogen-bond donors (Lipinski definition) is 0. The van der Waals surface area contributed by atoms with Gasteiger partial charge in [0.05, 0.1) is 0 Å². The van der Waals surface area contributed by atoms with Gasteiger partial charge >= 0.3 is 0 Å². The van der Waals surface area contributed by atoms with E-state index in [0.717, 1.165) is 0 Å². The SMILES string of the molecule is Cc1ccccc1N(c1cc2c(cc1C)C(C)(C)c1cccc(C3CCCCC3)c1-2)C(C)(C)C. The highest BCUT2D eigenvalue weighted by molar-refractivity contribution is 5.88. The van der Waals surface area contributed by atoms with Crippen molar-refractivity contribution in [3.05, 3.63) is 82.4 Å². The average Bonchev–Trinajstić information content (AvgIpc) is 3.02. The van der Waals surface area contributed by atoms with Crippen LogP contribution in [0.1, 0.15) is 100 Å². The van der Waals surface area contributed by atoms with Gasteiger partial charge in [-0.05, 0) is 104 Å².